The number of carbonyl (C=O) groups excluding carboxylic acids is 2. The predicted octanol–water partition coefficient (Wildman–Crippen LogP) is 1.21. The maximum Gasteiger partial charge on any atom is 0.317 e. The molecular formula is C21H28N2O6. The van der Waals surface area contributed by atoms with Crippen molar-refractivity contribution in [2.75, 3.05) is 19.6 Å². The van der Waals surface area contributed by atoms with E-state index in [0.717, 1.165) is 43.8 Å². The van der Waals surface area contributed by atoms with Gasteiger partial charge < -0.3 is 19.8 Å². The summed E-state index contributed by atoms with van der Waals surface area (Å²) >= 11 is 0. The van der Waals surface area contributed by atoms with E-state index >= 15 is 0 Å². The number of hydrogen-bond donors (Lipinski definition) is 2. The van der Waals surface area contributed by atoms with Gasteiger partial charge in [-0.3, -0.25) is 19.4 Å². The average Bonchev–Trinajstić information content (AvgIpc) is 2.68. The molecule has 1 unspecified atom stereocenters. The fourth-order valence-corrected chi connectivity index (χ4v) is 4.11. The zero-order chi connectivity index (χ0) is 21.2. The number of carboxylic acids is 2. The molecule has 8 nitrogen and oxygen atoms in total. The van der Waals surface area contributed by atoms with Crippen molar-refractivity contribution in [2.24, 2.45) is 0 Å². The molecule has 0 aliphatic heterocycles. The zero-order valence-corrected chi connectivity index (χ0v) is 16.4. The van der Waals surface area contributed by atoms with Crippen molar-refractivity contribution in [2.45, 2.75) is 50.7 Å². The van der Waals surface area contributed by atoms with Crippen LogP contribution >= 0.6 is 0 Å². The molecule has 1 aliphatic carbocycles. The van der Waals surface area contributed by atoms with Crippen LogP contribution in [0.5, 0.6) is 0 Å². The summed E-state index contributed by atoms with van der Waals surface area (Å²) in [6.07, 6.45) is 5.05. The Morgan fingerprint density at radius 1 is 0.862 bits per heavy atom. The third kappa shape index (κ3) is 7.07. The second kappa shape index (κ2) is 11.4. The highest BCUT2D eigenvalue weighted by atomic mass is 16.4. The Hall–Kier alpha value is -2.58. The van der Waals surface area contributed by atoms with Gasteiger partial charge in [-0.05, 0) is 24.0 Å². The van der Waals surface area contributed by atoms with Crippen molar-refractivity contribution >= 4 is 24.5 Å². The highest BCUT2D eigenvalue weighted by Crippen LogP contribution is 2.28. The lowest BCUT2D eigenvalue weighted by Crippen LogP contribution is -2.55. The monoisotopic (exact) mass is 404 g/mol. The summed E-state index contributed by atoms with van der Waals surface area (Å²) in [6.45, 7) is 0.542. The second-order valence-corrected chi connectivity index (χ2v) is 7.39. The van der Waals surface area contributed by atoms with E-state index in [9.17, 15) is 24.3 Å². The van der Waals surface area contributed by atoms with E-state index in [0.29, 0.717) is 12.1 Å². The van der Waals surface area contributed by atoms with Crippen LogP contribution in [0, 0.1) is 0 Å². The Balaban J connectivity index is 2.18. The Labute approximate surface area is 170 Å². The van der Waals surface area contributed by atoms with Crippen molar-refractivity contribution in [1.29, 1.82) is 0 Å². The molecule has 8 heteroatoms. The number of carboxylic acid groups (broad SMARTS) is 2. The first kappa shape index (κ1) is 22.7. The summed E-state index contributed by atoms with van der Waals surface area (Å²) in [4.78, 5) is 48.2. The number of rotatable bonds is 12. The fourth-order valence-electron chi connectivity index (χ4n) is 4.11. The van der Waals surface area contributed by atoms with E-state index < -0.39 is 11.9 Å². The van der Waals surface area contributed by atoms with Crippen LogP contribution in [0.25, 0.3) is 0 Å². The van der Waals surface area contributed by atoms with Gasteiger partial charge in [0.15, 0.2) is 0 Å². The smallest absolute Gasteiger partial charge is 0.317 e. The van der Waals surface area contributed by atoms with Crippen LogP contribution in [-0.4, -0.2) is 76.2 Å². The first-order valence-corrected chi connectivity index (χ1v) is 9.81. The lowest BCUT2D eigenvalue weighted by atomic mass is 9.87. The van der Waals surface area contributed by atoms with E-state index in [2.05, 4.69) is 0 Å². The van der Waals surface area contributed by atoms with Crippen molar-refractivity contribution < 1.29 is 29.4 Å². The molecule has 0 saturated heterocycles. The molecule has 0 spiro atoms. The molecular weight excluding hydrogens is 376 g/mol. The van der Waals surface area contributed by atoms with Crippen LogP contribution in [0.4, 0.5) is 0 Å². The van der Waals surface area contributed by atoms with E-state index in [4.69, 9.17) is 5.11 Å². The minimum absolute atomic E-state index is 0.0352. The molecule has 1 fully saturated rings. The molecule has 0 aromatic heterocycles. The van der Waals surface area contributed by atoms with Gasteiger partial charge >= 0.3 is 11.9 Å². The minimum atomic E-state index is -0.980. The molecule has 1 aliphatic rings. The third-order valence-electron chi connectivity index (χ3n) is 5.35. The number of aliphatic carboxylic acids is 2. The van der Waals surface area contributed by atoms with Gasteiger partial charge in [0.05, 0.1) is 26.1 Å². The van der Waals surface area contributed by atoms with Crippen molar-refractivity contribution in [3.63, 3.8) is 0 Å². The Morgan fingerprint density at radius 3 is 1.90 bits per heavy atom. The molecule has 2 N–H and O–H groups in total. The number of hydrogen-bond acceptors (Lipinski definition) is 6. The lowest BCUT2D eigenvalue weighted by Gasteiger charge is -2.43. The molecule has 0 heterocycles. The van der Waals surface area contributed by atoms with Crippen LogP contribution in [0.2, 0.25) is 0 Å². The van der Waals surface area contributed by atoms with Gasteiger partial charge in [-0.25, -0.2) is 0 Å². The molecule has 2 atom stereocenters. The minimum Gasteiger partial charge on any atom is -0.481 e. The summed E-state index contributed by atoms with van der Waals surface area (Å²) in [7, 11) is 0. The summed E-state index contributed by atoms with van der Waals surface area (Å²) in [6, 6.07) is 7.10. The average molecular weight is 404 g/mol. The summed E-state index contributed by atoms with van der Waals surface area (Å²) in [5.74, 6) is -1.87. The number of nitrogens with zero attached hydrogens (tertiary/aromatic N) is 2. The van der Waals surface area contributed by atoms with E-state index in [1.807, 2.05) is 17.0 Å². The Morgan fingerprint density at radius 2 is 1.38 bits per heavy atom. The molecule has 2 rings (SSSR count). The van der Waals surface area contributed by atoms with Crippen LogP contribution < -0.4 is 0 Å². The zero-order valence-electron chi connectivity index (χ0n) is 16.4. The molecule has 1 aromatic carbocycles. The topological polar surface area (TPSA) is 115 Å². The largest absolute Gasteiger partial charge is 0.481 e. The number of carbonyl (C=O) groups is 4. The van der Waals surface area contributed by atoms with Crippen LogP contribution in [0.3, 0.4) is 0 Å². The van der Waals surface area contributed by atoms with E-state index in [1.165, 1.54) is 0 Å². The van der Waals surface area contributed by atoms with Crippen molar-refractivity contribution in [1.82, 2.24) is 9.80 Å². The summed E-state index contributed by atoms with van der Waals surface area (Å²) in [5.41, 5.74) is 1.66. The van der Waals surface area contributed by atoms with Gasteiger partial charge in [0.25, 0.3) is 0 Å². The van der Waals surface area contributed by atoms with Gasteiger partial charge in [0, 0.05) is 18.6 Å². The standard InChI is InChI=1S/C21H28N2O6/c24-11-9-22(14-17-7-5-16(6-8-17)13-20(26)27)18-3-1-2-4-19(18)23(10-12-25)15-21(28)29/h5-8,11-12,18-19H,1-4,9-10,13-15H2,(H,26,27)(H,28,29)/t18-,19?/m1/s1. The molecule has 1 aromatic rings. The lowest BCUT2D eigenvalue weighted by molar-refractivity contribution is -0.140. The number of aldehydes is 2. The van der Waals surface area contributed by atoms with Gasteiger partial charge in [0.2, 0.25) is 0 Å². The van der Waals surface area contributed by atoms with Gasteiger partial charge in [-0.1, -0.05) is 37.1 Å². The van der Waals surface area contributed by atoms with Gasteiger partial charge in [0.1, 0.15) is 12.6 Å². The van der Waals surface area contributed by atoms with E-state index in [1.54, 1.807) is 17.0 Å². The Kier molecular flexibility index (Phi) is 8.95. The summed E-state index contributed by atoms with van der Waals surface area (Å²) in [5, 5.41) is 18.1. The fraction of sp³-hybridized carbons (Fsp3) is 0.524. The maximum atomic E-state index is 11.3. The number of benzene rings is 1. The third-order valence-corrected chi connectivity index (χ3v) is 5.35. The normalized spacial score (nSPS) is 19.2. The van der Waals surface area contributed by atoms with Crippen LogP contribution in [0.1, 0.15) is 36.8 Å². The maximum absolute atomic E-state index is 11.3. The second-order valence-electron chi connectivity index (χ2n) is 7.39. The molecule has 158 valence electrons. The SMILES string of the molecule is O=CCN(CC(=O)O)C1CCCC[C@H]1N(CC=O)Cc1ccc(CC(=O)O)cc1. The van der Waals surface area contributed by atoms with Crippen molar-refractivity contribution in [3.8, 4) is 0 Å². The van der Waals surface area contributed by atoms with E-state index in [-0.39, 0.29) is 38.1 Å². The highest BCUT2D eigenvalue weighted by molar-refractivity contribution is 5.70. The Bertz CT molecular complexity index is 706. The van der Waals surface area contributed by atoms with Gasteiger partial charge in [-0.15, -0.1) is 0 Å². The highest BCUT2D eigenvalue weighted by Gasteiger charge is 2.34. The quantitative estimate of drug-likeness (QED) is 0.500. The first-order valence-electron chi connectivity index (χ1n) is 9.81. The molecule has 0 amide bonds. The van der Waals surface area contributed by atoms with Crippen molar-refractivity contribution in [3.05, 3.63) is 35.4 Å². The molecule has 29 heavy (non-hydrogen) atoms. The summed E-state index contributed by atoms with van der Waals surface area (Å²) < 4.78 is 0. The van der Waals surface area contributed by atoms with Gasteiger partial charge in [-0.2, -0.15) is 0 Å². The van der Waals surface area contributed by atoms with Crippen LogP contribution in [-0.2, 0) is 32.1 Å². The molecule has 1 saturated carbocycles. The van der Waals surface area contributed by atoms with Crippen LogP contribution in [0.15, 0.2) is 24.3 Å². The molecule has 0 bridgehead atoms. The first-order chi connectivity index (χ1) is 13.9. The molecule has 0 radical (unpaired) electrons. The predicted molar refractivity (Wildman–Crippen MR) is 106 cm³/mol.